The number of amides is 1. The topological polar surface area (TPSA) is 66.8 Å². The van der Waals surface area contributed by atoms with Crippen molar-refractivity contribution < 1.29 is 19.4 Å². The number of hydrogen-bond donors (Lipinski definition) is 1. The first-order valence-corrected chi connectivity index (χ1v) is 6.64. The molecule has 0 saturated carbocycles. The third-order valence-corrected chi connectivity index (χ3v) is 3.01. The maximum absolute atomic E-state index is 12.2. The number of carboxylic acid groups (broad SMARTS) is 1. The third-order valence-electron chi connectivity index (χ3n) is 2.70. The highest BCUT2D eigenvalue weighted by atomic mass is 35.5. The third kappa shape index (κ3) is 4.42. The molecule has 20 heavy (non-hydrogen) atoms. The quantitative estimate of drug-likeness (QED) is 0.876. The van der Waals surface area contributed by atoms with Crippen LogP contribution in [0.4, 0.5) is 0 Å². The molecule has 0 bridgehead atoms. The molecular formula is C14H18ClNO4. The van der Waals surface area contributed by atoms with Gasteiger partial charge in [-0.15, -0.1) is 0 Å². The summed E-state index contributed by atoms with van der Waals surface area (Å²) in [6.07, 6.45) is -0.809. The molecule has 1 N–H and O–H groups in total. The van der Waals surface area contributed by atoms with Gasteiger partial charge in [0.15, 0.2) is 6.10 Å². The van der Waals surface area contributed by atoms with Crippen molar-refractivity contribution in [1.29, 1.82) is 0 Å². The van der Waals surface area contributed by atoms with Gasteiger partial charge in [0, 0.05) is 6.04 Å². The van der Waals surface area contributed by atoms with Crippen molar-refractivity contribution in [3.63, 3.8) is 0 Å². The Bertz CT molecular complexity index is 490. The molecule has 0 aliphatic carbocycles. The Morgan fingerprint density at radius 2 is 1.90 bits per heavy atom. The maximum atomic E-state index is 12.2. The Hall–Kier alpha value is -1.75. The predicted molar refractivity (Wildman–Crippen MR) is 76.0 cm³/mol. The van der Waals surface area contributed by atoms with E-state index in [0.29, 0.717) is 10.8 Å². The maximum Gasteiger partial charge on any atom is 0.323 e. The molecule has 0 spiro atoms. The average molecular weight is 300 g/mol. The lowest BCUT2D eigenvalue weighted by molar-refractivity contribution is -0.149. The van der Waals surface area contributed by atoms with Crippen molar-refractivity contribution >= 4 is 23.5 Å². The number of hydrogen-bond acceptors (Lipinski definition) is 3. The van der Waals surface area contributed by atoms with E-state index in [1.807, 2.05) is 0 Å². The second-order valence-corrected chi connectivity index (χ2v) is 5.05. The van der Waals surface area contributed by atoms with Crippen LogP contribution in [0.3, 0.4) is 0 Å². The zero-order valence-electron chi connectivity index (χ0n) is 11.7. The van der Waals surface area contributed by atoms with E-state index >= 15 is 0 Å². The Morgan fingerprint density at radius 3 is 2.40 bits per heavy atom. The van der Waals surface area contributed by atoms with Crippen LogP contribution in [-0.4, -0.2) is 40.6 Å². The number of halogens is 1. The summed E-state index contributed by atoms with van der Waals surface area (Å²) < 4.78 is 5.50. The second-order valence-electron chi connectivity index (χ2n) is 4.64. The highest BCUT2D eigenvalue weighted by Gasteiger charge is 2.26. The van der Waals surface area contributed by atoms with Crippen LogP contribution < -0.4 is 4.74 Å². The van der Waals surface area contributed by atoms with Gasteiger partial charge in [0.05, 0.1) is 5.02 Å². The van der Waals surface area contributed by atoms with Crippen LogP contribution in [0, 0.1) is 0 Å². The van der Waals surface area contributed by atoms with Gasteiger partial charge >= 0.3 is 5.97 Å². The molecule has 0 aliphatic heterocycles. The lowest BCUT2D eigenvalue weighted by Gasteiger charge is -2.28. The van der Waals surface area contributed by atoms with Gasteiger partial charge in [-0.2, -0.15) is 0 Å². The van der Waals surface area contributed by atoms with E-state index in [1.54, 1.807) is 45.0 Å². The average Bonchev–Trinajstić information content (AvgIpc) is 2.37. The van der Waals surface area contributed by atoms with Crippen molar-refractivity contribution in [2.75, 3.05) is 6.54 Å². The number of carboxylic acids is 1. The van der Waals surface area contributed by atoms with Gasteiger partial charge in [-0.05, 0) is 32.9 Å². The molecule has 0 heterocycles. The molecule has 1 rings (SSSR count). The summed E-state index contributed by atoms with van der Waals surface area (Å²) >= 11 is 5.96. The van der Waals surface area contributed by atoms with Gasteiger partial charge in [-0.3, -0.25) is 9.59 Å². The molecule has 0 aliphatic rings. The molecule has 0 aromatic heterocycles. The molecule has 1 amide bonds. The molecular weight excluding hydrogens is 282 g/mol. The van der Waals surface area contributed by atoms with Crippen LogP contribution in [0.5, 0.6) is 5.75 Å². The van der Waals surface area contributed by atoms with E-state index in [1.165, 1.54) is 4.90 Å². The van der Waals surface area contributed by atoms with E-state index in [0.717, 1.165) is 0 Å². The second kappa shape index (κ2) is 7.14. The SMILES string of the molecule is CC(Oc1ccccc1Cl)C(=O)N(CC(=O)O)C(C)C. The number of benzene rings is 1. The van der Waals surface area contributed by atoms with E-state index in [-0.39, 0.29) is 18.5 Å². The molecule has 5 nitrogen and oxygen atoms in total. The van der Waals surface area contributed by atoms with Gasteiger partial charge in [0.25, 0.3) is 5.91 Å². The largest absolute Gasteiger partial charge is 0.480 e. The van der Waals surface area contributed by atoms with Crippen molar-refractivity contribution in [3.05, 3.63) is 29.3 Å². The van der Waals surface area contributed by atoms with Crippen LogP contribution in [0.2, 0.25) is 5.02 Å². The fourth-order valence-electron chi connectivity index (χ4n) is 1.68. The summed E-state index contributed by atoms with van der Waals surface area (Å²) in [5, 5.41) is 9.25. The number of carbonyl (C=O) groups excluding carboxylic acids is 1. The number of para-hydroxylation sites is 1. The molecule has 1 unspecified atom stereocenters. The molecule has 1 aromatic carbocycles. The van der Waals surface area contributed by atoms with E-state index in [4.69, 9.17) is 21.4 Å². The summed E-state index contributed by atoms with van der Waals surface area (Å²) in [5.74, 6) is -1.05. The first kappa shape index (κ1) is 16.3. The van der Waals surface area contributed by atoms with Crippen LogP contribution in [0.25, 0.3) is 0 Å². The van der Waals surface area contributed by atoms with Crippen LogP contribution in [0.15, 0.2) is 24.3 Å². The predicted octanol–water partition coefficient (Wildman–Crippen LogP) is 2.43. The highest BCUT2D eigenvalue weighted by molar-refractivity contribution is 6.32. The first-order valence-electron chi connectivity index (χ1n) is 6.26. The number of aliphatic carboxylic acids is 1. The lowest BCUT2D eigenvalue weighted by Crippen LogP contribution is -2.46. The Morgan fingerprint density at radius 1 is 1.30 bits per heavy atom. The van der Waals surface area contributed by atoms with Crippen molar-refractivity contribution in [1.82, 2.24) is 4.90 Å². The van der Waals surface area contributed by atoms with Crippen LogP contribution in [0.1, 0.15) is 20.8 Å². The number of rotatable bonds is 6. The molecule has 6 heteroatoms. The monoisotopic (exact) mass is 299 g/mol. The number of nitrogens with zero attached hydrogens (tertiary/aromatic N) is 1. The standard InChI is InChI=1S/C14H18ClNO4/c1-9(2)16(8-13(17)18)14(19)10(3)20-12-7-5-4-6-11(12)15/h4-7,9-10H,8H2,1-3H3,(H,17,18). The Labute approximate surface area is 123 Å². The Kier molecular flexibility index (Phi) is 5.82. The Balaban J connectivity index is 2.79. The minimum Gasteiger partial charge on any atom is -0.480 e. The number of carbonyl (C=O) groups is 2. The molecule has 0 saturated heterocycles. The van der Waals surface area contributed by atoms with Crippen LogP contribution in [-0.2, 0) is 9.59 Å². The van der Waals surface area contributed by atoms with Crippen molar-refractivity contribution in [2.24, 2.45) is 0 Å². The summed E-state index contributed by atoms with van der Waals surface area (Å²) in [4.78, 5) is 24.3. The fourth-order valence-corrected chi connectivity index (χ4v) is 1.86. The molecule has 1 aromatic rings. The van der Waals surface area contributed by atoms with E-state index < -0.39 is 12.1 Å². The van der Waals surface area contributed by atoms with E-state index in [9.17, 15) is 9.59 Å². The number of ether oxygens (including phenoxy) is 1. The minimum absolute atomic E-state index is 0.226. The normalized spacial score (nSPS) is 12.1. The summed E-state index contributed by atoms with van der Waals surface area (Å²) in [7, 11) is 0. The zero-order valence-corrected chi connectivity index (χ0v) is 12.4. The fraction of sp³-hybridized carbons (Fsp3) is 0.429. The van der Waals surface area contributed by atoms with Crippen molar-refractivity contribution in [2.45, 2.75) is 32.9 Å². The first-order chi connectivity index (χ1) is 9.32. The van der Waals surface area contributed by atoms with Crippen molar-refractivity contribution in [3.8, 4) is 5.75 Å². The smallest absolute Gasteiger partial charge is 0.323 e. The summed E-state index contributed by atoms with van der Waals surface area (Å²) in [6, 6.07) is 6.59. The highest BCUT2D eigenvalue weighted by Crippen LogP contribution is 2.24. The molecule has 0 fully saturated rings. The van der Waals surface area contributed by atoms with Gasteiger partial charge in [0.2, 0.25) is 0 Å². The van der Waals surface area contributed by atoms with Crippen LogP contribution >= 0.6 is 11.6 Å². The summed E-state index contributed by atoms with van der Waals surface area (Å²) in [5.41, 5.74) is 0. The molecule has 1 atom stereocenters. The lowest BCUT2D eigenvalue weighted by atomic mass is 10.2. The zero-order chi connectivity index (χ0) is 15.3. The minimum atomic E-state index is -1.06. The van der Waals surface area contributed by atoms with Gasteiger partial charge in [-0.25, -0.2) is 0 Å². The van der Waals surface area contributed by atoms with Gasteiger partial charge < -0.3 is 14.7 Å². The molecule has 110 valence electrons. The van der Waals surface area contributed by atoms with E-state index in [2.05, 4.69) is 0 Å². The van der Waals surface area contributed by atoms with Gasteiger partial charge in [0.1, 0.15) is 12.3 Å². The summed E-state index contributed by atoms with van der Waals surface area (Å²) in [6.45, 7) is 4.72. The molecule has 0 radical (unpaired) electrons. The van der Waals surface area contributed by atoms with Gasteiger partial charge in [-0.1, -0.05) is 23.7 Å².